The van der Waals surface area contributed by atoms with Gasteiger partial charge in [0.15, 0.2) is 0 Å². The van der Waals surface area contributed by atoms with Gasteiger partial charge in [-0.15, -0.1) is 0 Å². The summed E-state index contributed by atoms with van der Waals surface area (Å²) in [7, 11) is 3.59. The fraction of sp³-hybridized carbons (Fsp3) is 0.765. The molecule has 3 aliphatic rings. The molecule has 23 heavy (non-hydrogen) atoms. The van der Waals surface area contributed by atoms with Crippen molar-refractivity contribution < 1.29 is 14.3 Å². The van der Waals surface area contributed by atoms with Crippen molar-refractivity contribution in [2.45, 2.75) is 43.7 Å². The molecule has 2 amide bonds. The first-order valence-corrected chi connectivity index (χ1v) is 8.54. The average Bonchev–Trinajstić information content (AvgIpc) is 2.52. The van der Waals surface area contributed by atoms with Crippen LogP contribution < -0.4 is 5.32 Å². The summed E-state index contributed by atoms with van der Waals surface area (Å²) in [6.45, 7) is 2.37. The first-order valence-electron chi connectivity index (χ1n) is 8.54. The summed E-state index contributed by atoms with van der Waals surface area (Å²) < 4.78 is 5.97. The zero-order chi connectivity index (χ0) is 16.4. The van der Waals surface area contributed by atoms with Gasteiger partial charge in [-0.1, -0.05) is 11.6 Å². The van der Waals surface area contributed by atoms with Gasteiger partial charge in [0, 0.05) is 20.0 Å². The number of rotatable bonds is 3. The van der Waals surface area contributed by atoms with Crippen molar-refractivity contribution in [1.29, 1.82) is 0 Å². The summed E-state index contributed by atoms with van der Waals surface area (Å²) in [4.78, 5) is 28.1. The number of nitrogens with zero attached hydrogens (tertiary/aromatic N) is 2. The number of nitrogens with one attached hydrogen (secondary N) is 1. The van der Waals surface area contributed by atoms with Crippen LogP contribution in [0.1, 0.15) is 32.1 Å². The number of carbonyl (C=O) groups is 2. The van der Waals surface area contributed by atoms with E-state index in [4.69, 9.17) is 4.74 Å². The number of morpholine rings is 1. The standard InChI is InChI=1S/C17H27N3O3/c1-18-16(22)14-9-23-17(10-19(14)2)11-20(12-17)15(21)8-13-6-4-3-5-7-13/h6,14H,3-5,7-12H2,1-2H3,(H,18,22)/t14-/m1/s1. The maximum absolute atomic E-state index is 12.4. The van der Waals surface area contributed by atoms with Crippen molar-refractivity contribution >= 4 is 11.8 Å². The van der Waals surface area contributed by atoms with Crippen LogP contribution in [0.3, 0.4) is 0 Å². The van der Waals surface area contributed by atoms with Gasteiger partial charge in [0.25, 0.3) is 0 Å². The molecule has 1 N–H and O–H groups in total. The van der Waals surface area contributed by atoms with Crippen LogP contribution in [0.25, 0.3) is 0 Å². The number of hydrogen-bond acceptors (Lipinski definition) is 4. The van der Waals surface area contributed by atoms with Crippen LogP contribution in [-0.4, -0.2) is 73.6 Å². The molecule has 0 bridgehead atoms. The molecule has 0 aromatic heterocycles. The largest absolute Gasteiger partial charge is 0.368 e. The third-order valence-electron chi connectivity index (χ3n) is 5.24. The lowest BCUT2D eigenvalue weighted by atomic mass is 9.89. The highest BCUT2D eigenvalue weighted by Crippen LogP contribution is 2.32. The van der Waals surface area contributed by atoms with Crippen LogP contribution in [-0.2, 0) is 14.3 Å². The summed E-state index contributed by atoms with van der Waals surface area (Å²) in [5.41, 5.74) is 1.01. The molecule has 3 rings (SSSR count). The van der Waals surface area contributed by atoms with Gasteiger partial charge in [0.05, 0.1) is 19.7 Å². The minimum absolute atomic E-state index is 0.0150. The molecule has 1 atom stereocenters. The van der Waals surface area contributed by atoms with Crippen molar-refractivity contribution in [2.24, 2.45) is 0 Å². The Kier molecular flexibility index (Phi) is 4.73. The number of hydrogen-bond donors (Lipinski definition) is 1. The van der Waals surface area contributed by atoms with Crippen LogP contribution in [0.4, 0.5) is 0 Å². The van der Waals surface area contributed by atoms with Crippen LogP contribution >= 0.6 is 0 Å². The minimum Gasteiger partial charge on any atom is -0.368 e. The Morgan fingerprint density at radius 2 is 2.13 bits per heavy atom. The molecule has 6 heteroatoms. The lowest BCUT2D eigenvalue weighted by Crippen LogP contribution is -2.73. The van der Waals surface area contributed by atoms with E-state index in [1.165, 1.54) is 18.4 Å². The van der Waals surface area contributed by atoms with Crippen LogP contribution in [0.5, 0.6) is 0 Å². The lowest BCUT2D eigenvalue weighted by molar-refractivity contribution is -0.200. The highest BCUT2D eigenvalue weighted by atomic mass is 16.5. The molecule has 0 aromatic rings. The van der Waals surface area contributed by atoms with E-state index in [9.17, 15) is 9.59 Å². The van der Waals surface area contributed by atoms with Gasteiger partial charge in [0.1, 0.15) is 11.6 Å². The Bertz CT molecular complexity index is 511. The zero-order valence-electron chi connectivity index (χ0n) is 14.1. The molecule has 128 valence electrons. The normalized spacial score (nSPS) is 27.3. The second kappa shape index (κ2) is 6.61. The molecular weight excluding hydrogens is 294 g/mol. The fourth-order valence-corrected chi connectivity index (χ4v) is 3.82. The molecular formula is C17H27N3O3. The first-order chi connectivity index (χ1) is 11.0. The first kappa shape index (κ1) is 16.5. The molecule has 2 saturated heterocycles. The van der Waals surface area contributed by atoms with Gasteiger partial charge in [-0.3, -0.25) is 14.5 Å². The van der Waals surface area contributed by atoms with Crippen LogP contribution in [0.2, 0.25) is 0 Å². The van der Waals surface area contributed by atoms with Crippen molar-refractivity contribution in [2.75, 3.05) is 40.3 Å². The van der Waals surface area contributed by atoms with E-state index in [1.54, 1.807) is 7.05 Å². The van der Waals surface area contributed by atoms with Gasteiger partial charge >= 0.3 is 0 Å². The predicted molar refractivity (Wildman–Crippen MR) is 86.9 cm³/mol. The van der Waals surface area contributed by atoms with E-state index >= 15 is 0 Å². The molecule has 2 heterocycles. The second-order valence-electron chi connectivity index (χ2n) is 7.07. The monoisotopic (exact) mass is 321 g/mol. The summed E-state index contributed by atoms with van der Waals surface area (Å²) in [6, 6.07) is -0.234. The number of carbonyl (C=O) groups excluding carboxylic acids is 2. The summed E-state index contributed by atoms with van der Waals surface area (Å²) in [5, 5.41) is 2.67. The number of allylic oxidation sites excluding steroid dienone is 1. The van der Waals surface area contributed by atoms with E-state index in [0.717, 1.165) is 12.8 Å². The quantitative estimate of drug-likeness (QED) is 0.771. The van der Waals surface area contributed by atoms with Crippen molar-refractivity contribution in [3.63, 3.8) is 0 Å². The third kappa shape index (κ3) is 3.43. The van der Waals surface area contributed by atoms with Gasteiger partial charge < -0.3 is 15.0 Å². The molecule has 1 aliphatic carbocycles. The summed E-state index contributed by atoms with van der Waals surface area (Å²) >= 11 is 0. The molecule has 0 saturated carbocycles. The Morgan fingerprint density at radius 1 is 1.35 bits per heavy atom. The zero-order valence-corrected chi connectivity index (χ0v) is 14.1. The maximum Gasteiger partial charge on any atom is 0.239 e. The average molecular weight is 321 g/mol. The molecule has 0 radical (unpaired) electrons. The summed E-state index contributed by atoms with van der Waals surface area (Å²) in [5.74, 6) is 0.197. The second-order valence-corrected chi connectivity index (χ2v) is 7.07. The lowest BCUT2D eigenvalue weighted by Gasteiger charge is -2.54. The van der Waals surface area contributed by atoms with Gasteiger partial charge in [-0.05, 0) is 32.7 Å². The van der Waals surface area contributed by atoms with E-state index < -0.39 is 0 Å². The van der Waals surface area contributed by atoms with E-state index in [1.807, 2.05) is 16.8 Å². The van der Waals surface area contributed by atoms with E-state index in [-0.39, 0.29) is 23.5 Å². The van der Waals surface area contributed by atoms with Gasteiger partial charge in [-0.25, -0.2) is 0 Å². The summed E-state index contributed by atoms with van der Waals surface area (Å²) in [6.07, 6.45) is 7.43. The van der Waals surface area contributed by atoms with Crippen molar-refractivity contribution in [3.05, 3.63) is 11.6 Å². The molecule has 0 unspecified atom stereocenters. The third-order valence-corrected chi connectivity index (χ3v) is 5.24. The topological polar surface area (TPSA) is 61.9 Å². The molecule has 6 nitrogen and oxygen atoms in total. The van der Waals surface area contributed by atoms with Gasteiger partial charge in [-0.2, -0.15) is 0 Å². The van der Waals surface area contributed by atoms with Crippen molar-refractivity contribution in [1.82, 2.24) is 15.1 Å². The number of amides is 2. The number of likely N-dealkylation sites (N-methyl/N-ethyl adjacent to an activating group) is 2. The Balaban J connectivity index is 1.49. The molecule has 2 fully saturated rings. The Morgan fingerprint density at radius 3 is 2.74 bits per heavy atom. The minimum atomic E-state index is -0.282. The SMILES string of the molecule is CNC(=O)[C@H]1COC2(CN(C(=O)CC3=CCCCC3)C2)CN1C. The highest BCUT2D eigenvalue weighted by molar-refractivity contribution is 5.82. The number of likely N-dealkylation sites (tertiary alicyclic amines) is 1. The fourth-order valence-electron chi connectivity index (χ4n) is 3.82. The molecule has 0 aromatic carbocycles. The Labute approximate surface area is 137 Å². The maximum atomic E-state index is 12.4. The molecule has 1 spiro atoms. The Hall–Kier alpha value is -1.40. The van der Waals surface area contributed by atoms with Crippen LogP contribution in [0, 0.1) is 0 Å². The smallest absolute Gasteiger partial charge is 0.239 e. The van der Waals surface area contributed by atoms with E-state index in [0.29, 0.717) is 32.7 Å². The van der Waals surface area contributed by atoms with Crippen molar-refractivity contribution in [3.8, 4) is 0 Å². The number of ether oxygens (including phenoxy) is 1. The highest BCUT2D eigenvalue weighted by Gasteiger charge is 2.51. The predicted octanol–water partition coefficient (Wildman–Crippen LogP) is 0.535. The molecule has 2 aliphatic heterocycles. The van der Waals surface area contributed by atoms with Crippen LogP contribution in [0.15, 0.2) is 11.6 Å². The van der Waals surface area contributed by atoms with Gasteiger partial charge in [0.2, 0.25) is 11.8 Å². The van der Waals surface area contributed by atoms with E-state index in [2.05, 4.69) is 11.4 Å².